The number of benzene rings is 2. The molecule has 1 atom stereocenters. The minimum atomic E-state index is -1.18. The summed E-state index contributed by atoms with van der Waals surface area (Å²) in [6, 6.07) is 10.8. The van der Waals surface area contributed by atoms with Gasteiger partial charge >= 0.3 is 5.97 Å². The number of hydrogen-bond acceptors (Lipinski definition) is 8. The van der Waals surface area contributed by atoms with Gasteiger partial charge in [-0.3, -0.25) is 4.79 Å². The van der Waals surface area contributed by atoms with Crippen LogP contribution in [0.5, 0.6) is 11.5 Å². The number of aromatic carboxylic acids is 1. The van der Waals surface area contributed by atoms with Crippen molar-refractivity contribution >= 4 is 11.9 Å². The summed E-state index contributed by atoms with van der Waals surface area (Å²) in [6.07, 6.45) is 1.90. The summed E-state index contributed by atoms with van der Waals surface area (Å²) in [4.78, 5) is 38.7. The summed E-state index contributed by atoms with van der Waals surface area (Å²) in [5.74, 6) is 0.153. The molecule has 4 heterocycles. The van der Waals surface area contributed by atoms with E-state index in [4.69, 9.17) is 14.0 Å². The van der Waals surface area contributed by atoms with Crippen LogP contribution < -0.4 is 9.47 Å². The summed E-state index contributed by atoms with van der Waals surface area (Å²) in [7, 11) is 0. The van der Waals surface area contributed by atoms with Gasteiger partial charge in [-0.25, -0.2) is 9.78 Å². The van der Waals surface area contributed by atoms with Gasteiger partial charge in [0.25, 0.3) is 5.91 Å². The Bertz CT molecular complexity index is 1430. The average Bonchev–Trinajstić information content (AvgIpc) is 3.62. The molecule has 34 heavy (non-hydrogen) atoms. The van der Waals surface area contributed by atoms with E-state index in [0.717, 1.165) is 11.4 Å². The first-order valence-corrected chi connectivity index (χ1v) is 10.5. The zero-order chi connectivity index (χ0) is 23.2. The van der Waals surface area contributed by atoms with E-state index < -0.39 is 17.9 Å². The van der Waals surface area contributed by atoms with Gasteiger partial charge in [-0.2, -0.15) is 4.98 Å². The number of fused-ring (bicyclic) bond motifs is 2. The highest BCUT2D eigenvalue weighted by atomic mass is 16.7. The molecule has 0 aliphatic carbocycles. The second-order valence-corrected chi connectivity index (χ2v) is 7.86. The molecule has 170 valence electrons. The Kier molecular flexibility index (Phi) is 4.54. The molecule has 0 spiro atoms. The van der Waals surface area contributed by atoms with Gasteiger partial charge in [-0.15, -0.1) is 0 Å². The Morgan fingerprint density at radius 1 is 1.09 bits per heavy atom. The van der Waals surface area contributed by atoms with E-state index in [0.29, 0.717) is 29.3 Å². The number of carbonyl (C=O) groups is 2. The quantitative estimate of drug-likeness (QED) is 0.471. The van der Waals surface area contributed by atoms with Crippen molar-refractivity contribution < 1.29 is 28.7 Å². The molecule has 0 fully saturated rings. The van der Waals surface area contributed by atoms with Gasteiger partial charge in [0.05, 0.1) is 35.4 Å². The maximum absolute atomic E-state index is 13.6. The lowest BCUT2D eigenvalue weighted by Gasteiger charge is -2.33. The van der Waals surface area contributed by atoms with Crippen molar-refractivity contribution in [2.24, 2.45) is 0 Å². The van der Waals surface area contributed by atoms with Crippen LogP contribution in [0.2, 0.25) is 0 Å². The van der Waals surface area contributed by atoms with Gasteiger partial charge in [-0.05, 0) is 30.3 Å². The number of ether oxygens (including phenoxy) is 2. The Balaban J connectivity index is 1.37. The third-order valence-electron chi connectivity index (χ3n) is 5.91. The zero-order valence-corrected chi connectivity index (χ0v) is 17.6. The zero-order valence-electron chi connectivity index (χ0n) is 17.6. The van der Waals surface area contributed by atoms with E-state index in [9.17, 15) is 14.7 Å². The first-order chi connectivity index (χ1) is 16.6. The molecule has 0 bridgehead atoms. The summed E-state index contributed by atoms with van der Waals surface area (Å²) in [5, 5.41) is 13.7. The molecular weight excluding hydrogens is 442 g/mol. The van der Waals surface area contributed by atoms with E-state index >= 15 is 0 Å². The van der Waals surface area contributed by atoms with Crippen molar-refractivity contribution in [2.75, 3.05) is 6.79 Å². The fourth-order valence-corrected chi connectivity index (χ4v) is 4.20. The number of aromatic amines is 1. The van der Waals surface area contributed by atoms with Gasteiger partial charge < -0.3 is 29.0 Å². The molecule has 11 nitrogen and oxygen atoms in total. The first-order valence-electron chi connectivity index (χ1n) is 10.5. The third kappa shape index (κ3) is 3.25. The second-order valence-electron chi connectivity index (χ2n) is 7.86. The smallest absolute Gasteiger partial charge is 0.336 e. The van der Waals surface area contributed by atoms with Crippen LogP contribution in [0.1, 0.15) is 44.0 Å². The van der Waals surface area contributed by atoms with Crippen LogP contribution in [0, 0.1) is 0 Å². The SMILES string of the molecule is O=C(O)c1ccccc1C(=O)N1Cc2[nH]cnc2C[C@H]1c1nc(-c2ccc3c(c2)OCO3)no1. The van der Waals surface area contributed by atoms with Crippen LogP contribution in [0.15, 0.2) is 53.3 Å². The Morgan fingerprint density at radius 2 is 1.91 bits per heavy atom. The fourth-order valence-electron chi connectivity index (χ4n) is 4.20. The molecule has 0 saturated carbocycles. The molecule has 2 aliphatic rings. The number of imidazole rings is 1. The summed E-state index contributed by atoms with van der Waals surface area (Å²) in [5.41, 5.74) is 2.23. The minimum absolute atomic E-state index is 0.0757. The predicted molar refractivity (Wildman–Crippen MR) is 114 cm³/mol. The van der Waals surface area contributed by atoms with Crippen molar-refractivity contribution in [1.82, 2.24) is 25.0 Å². The molecule has 0 unspecified atom stereocenters. The van der Waals surface area contributed by atoms with Gasteiger partial charge in [0.2, 0.25) is 18.5 Å². The highest BCUT2D eigenvalue weighted by molar-refractivity contribution is 6.04. The van der Waals surface area contributed by atoms with E-state index in [1.54, 1.807) is 36.7 Å². The Hall–Kier alpha value is -4.67. The number of carboxylic acids is 1. The molecule has 2 aliphatic heterocycles. The number of carbonyl (C=O) groups excluding carboxylic acids is 1. The van der Waals surface area contributed by atoms with Gasteiger partial charge in [0.15, 0.2) is 11.5 Å². The molecule has 1 amide bonds. The highest BCUT2D eigenvalue weighted by Crippen LogP contribution is 2.37. The topological polar surface area (TPSA) is 144 Å². The van der Waals surface area contributed by atoms with Crippen LogP contribution in [0.4, 0.5) is 0 Å². The van der Waals surface area contributed by atoms with Gasteiger partial charge in [-0.1, -0.05) is 17.3 Å². The number of nitrogens with zero attached hydrogens (tertiary/aromatic N) is 4. The standard InChI is InChI=1S/C23H17N5O6/c29-22(13-3-1-2-4-14(13)23(30)31)28-9-16-15(24-10-25-16)8-17(28)21-26-20(27-34-21)12-5-6-18-19(7-12)33-11-32-18/h1-7,10,17H,8-9,11H2,(H,24,25)(H,30,31)/t17-/m0/s1. The molecule has 0 radical (unpaired) electrons. The van der Waals surface area contributed by atoms with Crippen molar-refractivity contribution in [3.63, 3.8) is 0 Å². The number of hydrogen-bond donors (Lipinski definition) is 2. The predicted octanol–water partition coefficient (Wildman–Crippen LogP) is 2.83. The molecule has 2 N–H and O–H groups in total. The number of H-pyrrole nitrogens is 1. The lowest BCUT2D eigenvalue weighted by atomic mass is 9.99. The number of rotatable bonds is 4. The molecule has 2 aromatic heterocycles. The minimum Gasteiger partial charge on any atom is -0.478 e. The lowest BCUT2D eigenvalue weighted by molar-refractivity contribution is 0.0575. The normalized spacial score (nSPS) is 16.4. The Labute approximate surface area is 191 Å². The number of carboxylic acid groups (broad SMARTS) is 1. The van der Waals surface area contributed by atoms with Crippen molar-refractivity contribution in [3.05, 3.63) is 77.2 Å². The molecular formula is C23H17N5O6. The van der Waals surface area contributed by atoms with Gasteiger partial charge in [0.1, 0.15) is 6.04 Å². The lowest BCUT2D eigenvalue weighted by Crippen LogP contribution is -2.39. The molecule has 11 heteroatoms. The summed E-state index contributed by atoms with van der Waals surface area (Å²) >= 11 is 0. The second kappa shape index (κ2) is 7.73. The molecule has 2 aromatic carbocycles. The fraction of sp³-hybridized carbons (Fsp3) is 0.174. The van der Waals surface area contributed by atoms with Crippen LogP contribution in [0.25, 0.3) is 11.4 Å². The van der Waals surface area contributed by atoms with Crippen molar-refractivity contribution in [3.8, 4) is 22.9 Å². The Morgan fingerprint density at radius 3 is 2.76 bits per heavy atom. The van der Waals surface area contributed by atoms with Crippen LogP contribution in [0.3, 0.4) is 0 Å². The maximum atomic E-state index is 13.6. The van der Waals surface area contributed by atoms with Crippen molar-refractivity contribution in [2.45, 2.75) is 19.0 Å². The monoisotopic (exact) mass is 459 g/mol. The van der Waals surface area contributed by atoms with Gasteiger partial charge in [0, 0.05) is 12.0 Å². The van der Waals surface area contributed by atoms with Crippen LogP contribution in [-0.2, 0) is 13.0 Å². The highest BCUT2D eigenvalue weighted by Gasteiger charge is 2.37. The van der Waals surface area contributed by atoms with E-state index in [1.165, 1.54) is 17.0 Å². The van der Waals surface area contributed by atoms with E-state index in [2.05, 4.69) is 20.1 Å². The maximum Gasteiger partial charge on any atom is 0.336 e. The van der Waals surface area contributed by atoms with E-state index in [1.807, 2.05) is 0 Å². The van der Waals surface area contributed by atoms with Crippen LogP contribution >= 0.6 is 0 Å². The number of aromatic nitrogens is 4. The summed E-state index contributed by atoms with van der Waals surface area (Å²) in [6.45, 7) is 0.341. The number of nitrogens with one attached hydrogen (secondary N) is 1. The van der Waals surface area contributed by atoms with Crippen molar-refractivity contribution in [1.29, 1.82) is 0 Å². The first kappa shape index (κ1) is 20.0. The van der Waals surface area contributed by atoms with Crippen LogP contribution in [-0.4, -0.2) is 48.8 Å². The molecule has 0 saturated heterocycles. The average molecular weight is 459 g/mol. The molecule has 4 aromatic rings. The third-order valence-corrected chi connectivity index (χ3v) is 5.91. The van der Waals surface area contributed by atoms with E-state index in [-0.39, 0.29) is 30.4 Å². The number of amides is 1. The summed E-state index contributed by atoms with van der Waals surface area (Å²) < 4.78 is 16.3. The largest absolute Gasteiger partial charge is 0.478 e. The molecule has 6 rings (SSSR count).